The van der Waals surface area contributed by atoms with E-state index in [-0.39, 0.29) is 11.5 Å². The van der Waals surface area contributed by atoms with E-state index in [9.17, 15) is 10.2 Å². The first kappa shape index (κ1) is 24.1. The quantitative estimate of drug-likeness (QED) is 0.234. The van der Waals surface area contributed by atoms with Crippen molar-refractivity contribution in [3.05, 3.63) is 133 Å². The summed E-state index contributed by atoms with van der Waals surface area (Å²) < 4.78 is 0. The number of phenolic OH excluding ortho intramolecular Hbond substituents is 2. The number of nitrogens with zero attached hydrogens (tertiary/aromatic N) is 2. The second kappa shape index (κ2) is 9.43. The van der Waals surface area contributed by atoms with Gasteiger partial charge in [-0.2, -0.15) is 0 Å². The van der Waals surface area contributed by atoms with Crippen LogP contribution in [0.3, 0.4) is 0 Å². The molecule has 0 aliphatic carbocycles. The summed E-state index contributed by atoms with van der Waals surface area (Å²) in [7, 11) is 0. The third kappa shape index (κ3) is 3.77. The number of benzene rings is 6. The average molecular weight is 541 g/mol. The average Bonchev–Trinajstić information content (AvgIpc) is 3.04. The summed E-state index contributed by atoms with van der Waals surface area (Å²) in [5.41, 5.74) is 5.36. The van der Waals surface area contributed by atoms with Gasteiger partial charge in [-0.3, -0.25) is 0 Å². The van der Waals surface area contributed by atoms with E-state index in [1.807, 2.05) is 133 Å². The molecule has 2 aromatic heterocycles. The standard InChI is InChI=1S/C38H24N2O2/c41-37-29(33-19-17-23-9-3-7-15-31(23)39-33)21-25-11-1-5-13-27(25)35(37)36-28-14-6-2-12-26(28)22-30(38(36)42)34-20-18-24-10-4-8-16-32(24)40-34/h1-22,41-42H. The highest BCUT2D eigenvalue weighted by Gasteiger charge is 2.24. The Hall–Kier alpha value is -5.74. The fourth-order valence-electron chi connectivity index (χ4n) is 6.00. The molecule has 0 unspecified atom stereocenters. The molecule has 6 aromatic carbocycles. The van der Waals surface area contributed by atoms with Gasteiger partial charge in [0, 0.05) is 33.0 Å². The molecule has 8 rings (SSSR count). The maximum absolute atomic E-state index is 12.1. The molecule has 0 aliphatic rings. The number of hydrogen-bond donors (Lipinski definition) is 2. The van der Waals surface area contributed by atoms with Crippen LogP contribution in [0.2, 0.25) is 0 Å². The highest BCUT2D eigenvalue weighted by molar-refractivity contribution is 6.13. The second-order valence-electron chi connectivity index (χ2n) is 10.5. The number of hydrogen-bond acceptors (Lipinski definition) is 4. The van der Waals surface area contributed by atoms with Gasteiger partial charge in [0.15, 0.2) is 0 Å². The van der Waals surface area contributed by atoms with E-state index < -0.39 is 0 Å². The maximum atomic E-state index is 12.1. The molecule has 0 amide bonds. The molecule has 2 N–H and O–H groups in total. The van der Waals surface area contributed by atoms with Crippen LogP contribution >= 0.6 is 0 Å². The van der Waals surface area contributed by atoms with E-state index in [2.05, 4.69) is 0 Å². The zero-order valence-electron chi connectivity index (χ0n) is 22.5. The summed E-state index contributed by atoms with van der Waals surface area (Å²) in [5, 5.41) is 29.8. The molecule has 0 aliphatic heterocycles. The molecular formula is C38H24N2O2. The lowest BCUT2D eigenvalue weighted by molar-refractivity contribution is 0.472. The molecule has 2 heterocycles. The van der Waals surface area contributed by atoms with Gasteiger partial charge in [-0.15, -0.1) is 0 Å². The van der Waals surface area contributed by atoms with Gasteiger partial charge < -0.3 is 10.2 Å². The Kier molecular flexibility index (Phi) is 5.41. The van der Waals surface area contributed by atoms with Crippen LogP contribution in [0.25, 0.3) is 77.0 Å². The van der Waals surface area contributed by atoms with E-state index >= 15 is 0 Å². The van der Waals surface area contributed by atoms with Gasteiger partial charge in [0.25, 0.3) is 0 Å². The molecule has 0 fully saturated rings. The number of aromatic nitrogens is 2. The van der Waals surface area contributed by atoms with Gasteiger partial charge >= 0.3 is 0 Å². The third-order valence-electron chi connectivity index (χ3n) is 8.04. The van der Waals surface area contributed by atoms with Gasteiger partial charge in [-0.1, -0.05) is 97.1 Å². The zero-order valence-corrected chi connectivity index (χ0v) is 22.5. The summed E-state index contributed by atoms with van der Waals surface area (Å²) in [6.07, 6.45) is 0. The predicted molar refractivity (Wildman–Crippen MR) is 172 cm³/mol. The Morgan fingerprint density at radius 3 is 1.21 bits per heavy atom. The monoisotopic (exact) mass is 540 g/mol. The van der Waals surface area contributed by atoms with Crippen LogP contribution in [0, 0.1) is 0 Å². The minimum absolute atomic E-state index is 0.0700. The Morgan fingerprint density at radius 2 is 0.762 bits per heavy atom. The second-order valence-corrected chi connectivity index (χ2v) is 10.5. The molecule has 0 atom stereocenters. The normalized spacial score (nSPS) is 11.5. The maximum Gasteiger partial charge on any atom is 0.133 e. The summed E-state index contributed by atoms with van der Waals surface area (Å²) in [4.78, 5) is 9.79. The van der Waals surface area contributed by atoms with Crippen LogP contribution in [-0.2, 0) is 0 Å². The lowest BCUT2D eigenvalue weighted by atomic mass is 9.87. The Balaban J connectivity index is 1.46. The van der Waals surface area contributed by atoms with Crippen molar-refractivity contribution >= 4 is 43.4 Å². The molecule has 0 radical (unpaired) electrons. The Morgan fingerprint density at radius 1 is 0.381 bits per heavy atom. The molecule has 8 aromatic rings. The highest BCUT2D eigenvalue weighted by atomic mass is 16.3. The van der Waals surface area contributed by atoms with Crippen molar-refractivity contribution in [2.75, 3.05) is 0 Å². The first-order chi connectivity index (χ1) is 20.7. The SMILES string of the molecule is Oc1c(-c2ccc3ccccc3n2)cc2ccccc2c1-c1c(O)c(-c2ccc3ccccc3n2)cc2ccccc12. The number of phenols is 2. The largest absolute Gasteiger partial charge is 0.507 e. The van der Waals surface area contributed by atoms with E-state index in [0.29, 0.717) is 33.6 Å². The number of para-hydroxylation sites is 2. The van der Waals surface area contributed by atoms with Gasteiger partial charge in [0.1, 0.15) is 11.5 Å². The fourth-order valence-corrected chi connectivity index (χ4v) is 6.00. The predicted octanol–water partition coefficient (Wildman–Crippen LogP) is 9.50. The van der Waals surface area contributed by atoms with Crippen molar-refractivity contribution in [3.8, 4) is 45.1 Å². The van der Waals surface area contributed by atoms with Gasteiger partial charge in [0.05, 0.1) is 22.4 Å². The molecule has 0 saturated heterocycles. The van der Waals surface area contributed by atoms with Crippen LogP contribution < -0.4 is 0 Å². The van der Waals surface area contributed by atoms with Crippen molar-refractivity contribution in [3.63, 3.8) is 0 Å². The molecule has 0 spiro atoms. The number of fused-ring (bicyclic) bond motifs is 4. The van der Waals surface area contributed by atoms with Gasteiger partial charge in [0.2, 0.25) is 0 Å². The molecule has 4 heteroatoms. The van der Waals surface area contributed by atoms with Gasteiger partial charge in [-0.25, -0.2) is 9.97 Å². The van der Waals surface area contributed by atoms with Crippen molar-refractivity contribution in [1.82, 2.24) is 9.97 Å². The van der Waals surface area contributed by atoms with Crippen LogP contribution in [-0.4, -0.2) is 20.2 Å². The Bertz CT molecular complexity index is 2180. The first-order valence-electron chi connectivity index (χ1n) is 13.9. The summed E-state index contributed by atoms with van der Waals surface area (Å²) in [6, 6.07) is 43.6. The lowest BCUT2D eigenvalue weighted by Gasteiger charge is -2.19. The van der Waals surface area contributed by atoms with Crippen LogP contribution in [0.5, 0.6) is 11.5 Å². The zero-order chi connectivity index (χ0) is 28.2. The van der Waals surface area contributed by atoms with Crippen LogP contribution in [0.15, 0.2) is 133 Å². The highest BCUT2D eigenvalue weighted by Crippen LogP contribution is 2.51. The van der Waals surface area contributed by atoms with Crippen molar-refractivity contribution in [2.24, 2.45) is 0 Å². The van der Waals surface area contributed by atoms with E-state index in [4.69, 9.17) is 9.97 Å². The molecule has 0 saturated carbocycles. The number of pyridine rings is 2. The smallest absolute Gasteiger partial charge is 0.133 e. The van der Waals surface area contributed by atoms with Crippen LogP contribution in [0.1, 0.15) is 0 Å². The van der Waals surface area contributed by atoms with E-state index in [1.165, 1.54) is 0 Å². The first-order valence-corrected chi connectivity index (χ1v) is 13.9. The minimum atomic E-state index is 0.0700. The van der Waals surface area contributed by atoms with Crippen molar-refractivity contribution < 1.29 is 10.2 Å². The topological polar surface area (TPSA) is 66.2 Å². The van der Waals surface area contributed by atoms with Crippen molar-refractivity contribution in [2.45, 2.75) is 0 Å². The summed E-state index contributed by atoms with van der Waals surface area (Å²) in [5.74, 6) is 0.140. The molecule has 4 nitrogen and oxygen atoms in total. The number of aromatic hydroxyl groups is 2. The number of rotatable bonds is 3. The van der Waals surface area contributed by atoms with Crippen LogP contribution in [0.4, 0.5) is 0 Å². The van der Waals surface area contributed by atoms with E-state index in [0.717, 1.165) is 43.4 Å². The summed E-state index contributed by atoms with van der Waals surface area (Å²) in [6.45, 7) is 0. The molecular weight excluding hydrogens is 516 g/mol. The van der Waals surface area contributed by atoms with E-state index in [1.54, 1.807) is 0 Å². The molecule has 0 bridgehead atoms. The lowest BCUT2D eigenvalue weighted by Crippen LogP contribution is -1.94. The fraction of sp³-hybridized carbons (Fsp3) is 0. The molecule has 198 valence electrons. The summed E-state index contributed by atoms with van der Waals surface area (Å²) >= 11 is 0. The van der Waals surface area contributed by atoms with Crippen molar-refractivity contribution in [1.29, 1.82) is 0 Å². The third-order valence-corrected chi connectivity index (χ3v) is 8.04. The van der Waals surface area contributed by atoms with Gasteiger partial charge in [-0.05, 0) is 57.9 Å². The Labute approximate surface area is 241 Å². The minimum Gasteiger partial charge on any atom is -0.507 e. The molecule has 42 heavy (non-hydrogen) atoms.